The number of aryl methyl sites for hydroxylation is 1. The number of imide groups is 1. The first kappa shape index (κ1) is 18.8. The van der Waals surface area contributed by atoms with E-state index in [4.69, 9.17) is 4.74 Å². The van der Waals surface area contributed by atoms with E-state index in [1.165, 1.54) is 7.11 Å². The number of likely N-dealkylation sites (N-methyl/N-ethyl adjacent to an activating group) is 1. The normalized spacial score (nSPS) is 22.2. The van der Waals surface area contributed by atoms with Crippen LogP contribution in [0.25, 0.3) is 0 Å². The van der Waals surface area contributed by atoms with Crippen LogP contribution in [0.4, 0.5) is 10.5 Å². The molecule has 6 heteroatoms. The summed E-state index contributed by atoms with van der Waals surface area (Å²) in [4.78, 5) is 39.7. The molecule has 0 N–H and O–H groups in total. The molecule has 0 aliphatic carbocycles. The average Bonchev–Trinajstić information content (AvgIpc) is 2.84. The molecule has 1 aliphatic rings. The summed E-state index contributed by atoms with van der Waals surface area (Å²) in [6.45, 7) is 3.35. The Bertz CT molecular complexity index is 910. The number of Topliss-reactive ketones (excluding diaryl/α,β-unsaturated/α-hetero) is 1. The number of amides is 3. The number of quaternary nitrogens is 1. The summed E-state index contributed by atoms with van der Waals surface area (Å²) in [5.41, 5.74) is 2.04. The number of hydrogen-bond acceptors (Lipinski definition) is 4. The first-order valence-corrected chi connectivity index (χ1v) is 8.76. The Morgan fingerprint density at radius 3 is 2.44 bits per heavy atom. The minimum Gasteiger partial charge on any atom is -0.491 e. The molecule has 0 bridgehead atoms. The number of benzene rings is 2. The molecular formula is C21H23N2O4+. The fraction of sp³-hybridized carbons (Fsp3) is 0.286. The number of urea groups is 1. The first-order chi connectivity index (χ1) is 12.8. The SMILES string of the molecule is COc1ccc(C)cc1[N+]1(C)C(=O)N(CC(=O)c2ccccc2)C(=O)C1C. The van der Waals surface area contributed by atoms with Gasteiger partial charge in [-0.15, -0.1) is 0 Å². The lowest BCUT2D eigenvalue weighted by atomic mass is 10.1. The Kier molecular flexibility index (Phi) is 4.85. The fourth-order valence-electron chi connectivity index (χ4n) is 3.44. The van der Waals surface area contributed by atoms with E-state index in [1.807, 2.05) is 25.1 Å². The quantitative estimate of drug-likeness (QED) is 0.463. The second kappa shape index (κ2) is 6.96. The van der Waals surface area contributed by atoms with E-state index in [1.54, 1.807) is 44.3 Å². The summed E-state index contributed by atoms with van der Waals surface area (Å²) in [6, 6.07) is 13.1. The van der Waals surface area contributed by atoms with Gasteiger partial charge in [0.05, 0.1) is 20.7 Å². The van der Waals surface area contributed by atoms with Crippen LogP contribution < -0.4 is 9.22 Å². The number of ether oxygens (including phenoxy) is 1. The molecule has 27 heavy (non-hydrogen) atoms. The topological polar surface area (TPSA) is 63.7 Å². The number of methoxy groups -OCH3 is 1. The van der Waals surface area contributed by atoms with Crippen LogP contribution in [0.2, 0.25) is 0 Å². The van der Waals surface area contributed by atoms with Gasteiger partial charge in [-0.2, -0.15) is 4.48 Å². The molecule has 6 nitrogen and oxygen atoms in total. The largest absolute Gasteiger partial charge is 0.491 e. The van der Waals surface area contributed by atoms with E-state index in [9.17, 15) is 14.4 Å². The van der Waals surface area contributed by atoms with Gasteiger partial charge in [-0.05, 0) is 25.5 Å². The van der Waals surface area contributed by atoms with Crippen LogP contribution >= 0.6 is 0 Å². The van der Waals surface area contributed by atoms with Crippen molar-refractivity contribution in [2.24, 2.45) is 0 Å². The van der Waals surface area contributed by atoms with Gasteiger partial charge >= 0.3 is 6.03 Å². The van der Waals surface area contributed by atoms with E-state index in [2.05, 4.69) is 0 Å². The van der Waals surface area contributed by atoms with E-state index < -0.39 is 12.1 Å². The Hall–Kier alpha value is -2.99. The van der Waals surface area contributed by atoms with Crippen molar-refractivity contribution in [3.8, 4) is 5.75 Å². The highest BCUT2D eigenvalue weighted by Crippen LogP contribution is 2.39. The van der Waals surface area contributed by atoms with Crippen LogP contribution in [-0.2, 0) is 4.79 Å². The van der Waals surface area contributed by atoms with Crippen molar-refractivity contribution in [2.75, 3.05) is 20.7 Å². The monoisotopic (exact) mass is 367 g/mol. The summed E-state index contributed by atoms with van der Waals surface area (Å²) in [5, 5.41) is 0. The first-order valence-electron chi connectivity index (χ1n) is 8.76. The van der Waals surface area contributed by atoms with Crippen molar-refractivity contribution in [3.05, 3.63) is 59.7 Å². The molecule has 2 unspecified atom stereocenters. The maximum atomic E-state index is 13.3. The summed E-state index contributed by atoms with van der Waals surface area (Å²) in [6.07, 6.45) is 0. The van der Waals surface area contributed by atoms with Crippen molar-refractivity contribution in [1.82, 2.24) is 9.38 Å². The summed E-state index contributed by atoms with van der Waals surface area (Å²) in [7, 11) is 3.22. The summed E-state index contributed by atoms with van der Waals surface area (Å²) < 4.78 is 5.17. The third-order valence-corrected chi connectivity index (χ3v) is 5.26. The minimum atomic E-state index is -0.656. The third kappa shape index (κ3) is 3.02. The van der Waals surface area contributed by atoms with Gasteiger partial charge in [0, 0.05) is 11.6 Å². The van der Waals surface area contributed by atoms with E-state index in [0.29, 0.717) is 17.0 Å². The van der Waals surface area contributed by atoms with Crippen LogP contribution in [0.5, 0.6) is 5.75 Å². The fourth-order valence-corrected chi connectivity index (χ4v) is 3.44. The molecule has 0 saturated carbocycles. The number of ketones is 1. The van der Waals surface area contributed by atoms with Gasteiger partial charge in [-0.3, -0.25) is 9.59 Å². The lowest BCUT2D eigenvalue weighted by molar-refractivity contribution is -0.127. The van der Waals surface area contributed by atoms with E-state index in [-0.39, 0.29) is 22.7 Å². The maximum Gasteiger partial charge on any atom is 0.432 e. The molecule has 0 radical (unpaired) electrons. The zero-order valence-corrected chi connectivity index (χ0v) is 15.9. The molecule has 3 amide bonds. The molecule has 2 aromatic carbocycles. The molecule has 0 aromatic heterocycles. The molecule has 1 aliphatic heterocycles. The highest BCUT2D eigenvalue weighted by molar-refractivity contribution is 6.14. The standard InChI is InChI=1S/C21H23N2O4/c1-14-10-11-19(27-4)17(12-14)23(3)15(2)20(25)22(21(23)26)13-18(24)16-8-6-5-7-9-16/h5-12,15H,13H2,1-4H3/q+1. The Morgan fingerprint density at radius 1 is 1.15 bits per heavy atom. The van der Waals surface area contributed by atoms with Gasteiger partial charge < -0.3 is 4.74 Å². The average molecular weight is 367 g/mol. The number of nitrogens with zero attached hydrogens (tertiary/aromatic N) is 2. The zero-order chi connectivity index (χ0) is 19.8. The van der Waals surface area contributed by atoms with Crippen LogP contribution in [0.3, 0.4) is 0 Å². The zero-order valence-electron chi connectivity index (χ0n) is 15.9. The predicted octanol–water partition coefficient (Wildman–Crippen LogP) is 3.17. The summed E-state index contributed by atoms with van der Waals surface area (Å²) in [5.74, 6) is -0.100. The van der Waals surface area contributed by atoms with Gasteiger partial charge in [0.2, 0.25) is 0 Å². The number of hydrogen-bond donors (Lipinski definition) is 0. The van der Waals surface area contributed by atoms with Crippen molar-refractivity contribution in [2.45, 2.75) is 19.9 Å². The van der Waals surface area contributed by atoms with Gasteiger partial charge in [0.15, 0.2) is 23.3 Å². The van der Waals surface area contributed by atoms with Gasteiger partial charge in [-0.1, -0.05) is 36.4 Å². The molecule has 140 valence electrons. The highest BCUT2D eigenvalue weighted by atomic mass is 16.5. The van der Waals surface area contributed by atoms with Gasteiger partial charge in [0.1, 0.15) is 0 Å². The molecule has 2 atom stereocenters. The van der Waals surface area contributed by atoms with Crippen molar-refractivity contribution >= 4 is 23.4 Å². The molecule has 1 fully saturated rings. The Balaban J connectivity index is 1.98. The van der Waals surface area contributed by atoms with Gasteiger partial charge in [-0.25, -0.2) is 9.69 Å². The van der Waals surface area contributed by atoms with Crippen LogP contribution in [-0.4, -0.2) is 49.4 Å². The lowest BCUT2D eigenvalue weighted by Crippen LogP contribution is -2.53. The van der Waals surface area contributed by atoms with Gasteiger partial charge in [0.25, 0.3) is 5.91 Å². The minimum absolute atomic E-state index is 0.258. The van der Waals surface area contributed by atoms with Crippen molar-refractivity contribution in [3.63, 3.8) is 0 Å². The van der Waals surface area contributed by atoms with Crippen LogP contribution in [0.15, 0.2) is 48.5 Å². The number of carbonyl (C=O) groups excluding carboxylic acids is 3. The molecule has 3 rings (SSSR count). The molecule has 2 aromatic rings. The van der Waals surface area contributed by atoms with Crippen molar-refractivity contribution in [1.29, 1.82) is 0 Å². The van der Waals surface area contributed by atoms with Crippen molar-refractivity contribution < 1.29 is 19.1 Å². The number of rotatable bonds is 5. The van der Waals surface area contributed by atoms with E-state index >= 15 is 0 Å². The summed E-state index contributed by atoms with van der Waals surface area (Å²) >= 11 is 0. The Labute approximate surface area is 158 Å². The second-order valence-corrected chi connectivity index (χ2v) is 6.92. The lowest BCUT2D eigenvalue weighted by Gasteiger charge is -2.29. The molecule has 1 saturated heterocycles. The van der Waals surface area contributed by atoms with Crippen LogP contribution in [0.1, 0.15) is 22.8 Å². The number of carbonyl (C=O) groups is 3. The predicted molar refractivity (Wildman–Crippen MR) is 103 cm³/mol. The maximum absolute atomic E-state index is 13.3. The molecule has 1 heterocycles. The van der Waals surface area contributed by atoms with Crippen LogP contribution in [0, 0.1) is 6.92 Å². The highest BCUT2D eigenvalue weighted by Gasteiger charge is 2.58. The Morgan fingerprint density at radius 2 is 1.81 bits per heavy atom. The smallest absolute Gasteiger partial charge is 0.432 e. The third-order valence-electron chi connectivity index (χ3n) is 5.26. The van der Waals surface area contributed by atoms with E-state index in [0.717, 1.165) is 10.5 Å². The molecule has 0 spiro atoms. The second-order valence-electron chi connectivity index (χ2n) is 6.92. The molecular weight excluding hydrogens is 344 g/mol.